The molecule has 0 unspecified atom stereocenters. The lowest BCUT2D eigenvalue weighted by molar-refractivity contribution is -0.384. The second kappa shape index (κ2) is 7.17. The van der Waals surface area contributed by atoms with E-state index >= 15 is 0 Å². The van der Waals surface area contributed by atoms with Gasteiger partial charge in [-0.05, 0) is 25.1 Å². The molecule has 0 saturated carbocycles. The van der Waals surface area contributed by atoms with Gasteiger partial charge in [-0.2, -0.15) is 0 Å². The number of non-ortho nitro benzene ring substituents is 1. The Hall–Kier alpha value is -1.51. The maximum Gasteiger partial charge on any atom is 0.269 e. The van der Waals surface area contributed by atoms with Crippen LogP contribution in [0.4, 0.5) is 5.69 Å². The smallest absolute Gasteiger partial charge is 0.269 e. The standard InChI is InChI=1S/C11H17N3O4S/c1-2-7-12-8-9-13-19(17,18)11-5-3-10(4-6-11)14(15)16/h3-6,12-13H,2,7-9H2,1H3. The molecule has 0 aliphatic carbocycles. The average Bonchev–Trinajstić information content (AvgIpc) is 2.38. The molecule has 0 aliphatic rings. The normalized spacial score (nSPS) is 11.4. The second-order valence-corrected chi connectivity index (χ2v) is 5.67. The van der Waals surface area contributed by atoms with E-state index in [1.807, 2.05) is 6.92 Å². The summed E-state index contributed by atoms with van der Waals surface area (Å²) in [5, 5.41) is 13.5. The van der Waals surface area contributed by atoms with Crippen LogP contribution in [0.3, 0.4) is 0 Å². The summed E-state index contributed by atoms with van der Waals surface area (Å²) < 4.78 is 26.1. The Kier molecular flexibility index (Phi) is 5.87. The minimum Gasteiger partial charge on any atom is -0.315 e. The first-order chi connectivity index (χ1) is 8.97. The summed E-state index contributed by atoms with van der Waals surface area (Å²) in [6.45, 7) is 3.67. The molecule has 106 valence electrons. The molecule has 1 rings (SSSR count). The molecule has 0 heterocycles. The molecule has 19 heavy (non-hydrogen) atoms. The van der Waals surface area contributed by atoms with E-state index in [2.05, 4.69) is 10.0 Å². The second-order valence-electron chi connectivity index (χ2n) is 3.90. The maximum atomic E-state index is 11.8. The monoisotopic (exact) mass is 287 g/mol. The number of hydrogen-bond acceptors (Lipinski definition) is 5. The Morgan fingerprint density at radius 1 is 1.16 bits per heavy atom. The van der Waals surface area contributed by atoms with Gasteiger partial charge in [-0.1, -0.05) is 6.92 Å². The van der Waals surface area contributed by atoms with Crippen molar-refractivity contribution in [1.29, 1.82) is 0 Å². The highest BCUT2D eigenvalue weighted by atomic mass is 32.2. The maximum absolute atomic E-state index is 11.8. The average molecular weight is 287 g/mol. The summed E-state index contributed by atoms with van der Waals surface area (Å²) in [4.78, 5) is 9.92. The fraction of sp³-hybridized carbons (Fsp3) is 0.455. The predicted octanol–water partition coefficient (Wildman–Crippen LogP) is 0.873. The highest BCUT2D eigenvalue weighted by Crippen LogP contribution is 2.15. The van der Waals surface area contributed by atoms with E-state index in [0.29, 0.717) is 6.54 Å². The van der Waals surface area contributed by atoms with Gasteiger partial charge in [-0.25, -0.2) is 13.1 Å². The van der Waals surface area contributed by atoms with Gasteiger partial charge in [0.25, 0.3) is 5.69 Å². The zero-order valence-corrected chi connectivity index (χ0v) is 11.4. The first kappa shape index (κ1) is 15.5. The van der Waals surface area contributed by atoms with Gasteiger partial charge in [0.15, 0.2) is 0 Å². The molecule has 0 amide bonds. The zero-order chi connectivity index (χ0) is 14.3. The van der Waals surface area contributed by atoms with Gasteiger partial charge in [-0.3, -0.25) is 10.1 Å². The quantitative estimate of drug-likeness (QED) is 0.420. The van der Waals surface area contributed by atoms with Crippen LogP contribution in [-0.2, 0) is 10.0 Å². The number of nitrogens with zero attached hydrogens (tertiary/aromatic N) is 1. The van der Waals surface area contributed by atoms with E-state index < -0.39 is 14.9 Å². The van der Waals surface area contributed by atoms with Gasteiger partial charge >= 0.3 is 0 Å². The number of benzene rings is 1. The molecule has 8 heteroatoms. The lowest BCUT2D eigenvalue weighted by Crippen LogP contribution is -2.32. The summed E-state index contributed by atoms with van der Waals surface area (Å²) in [6, 6.07) is 4.79. The molecule has 1 aromatic rings. The van der Waals surface area contributed by atoms with Crippen LogP contribution in [0, 0.1) is 10.1 Å². The lowest BCUT2D eigenvalue weighted by atomic mass is 10.3. The Bertz CT molecular complexity index is 513. The van der Waals surface area contributed by atoms with E-state index in [-0.39, 0.29) is 17.1 Å². The third-order valence-electron chi connectivity index (χ3n) is 2.38. The Balaban J connectivity index is 2.59. The van der Waals surface area contributed by atoms with Gasteiger partial charge in [0.05, 0.1) is 9.82 Å². The van der Waals surface area contributed by atoms with Crippen LogP contribution in [0.2, 0.25) is 0 Å². The summed E-state index contributed by atoms with van der Waals surface area (Å²) in [7, 11) is -3.60. The largest absolute Gasteiger partial charge is 0.315 e. The topological polar surface area (TPSA) is 101 Å². The zero-order valence-electron chi connectivity index (χ0n) is 10.6. The third kappa shape index (κ3) is 4.93. The number of hydrogen-bond donors (Lipinski definition) is 2. The molecule has 0 aromatic heterocycles. The Morgan fingerprint density at radius 3 is 2.32 bits per heavy atom. The van der Waals surface area contributed by atoms with Crippen molar-refractivity contribution < 1.29 is 13.3 Å². The van der Waals surface area contributed by atoms with Crippen LogP contribution in [0.1, 0.15) is 13.3 Å². The molecule has 0 atom stereocenters. The van der Waals surface area contributed by atoms with E-state index in [4.69, 9.17) is 0 Å². The SMILES string of the molecule is CCCNCCNS(=O)(=O)c1ccc([N+](=O)[O-])cc1. The van der Waals surface area contributed by atoms with E-state index in [9.17, 15) is 18.5 Å². The van der Waals surface area contributed by atoms with Crippen molar-refractivity contribution in [3.05, 3.63) is 34.4 Å². The summed E-state index contributed by atoms with van der Waals surface area (Å²) in [5.74, 6) is 0. The fourth-order valence-corrected chi connectivity index (χ4v) is 2.44. The Labute approximate surface area is 112 Å². The molecule has 0 bridgehead atoms. The molecule has 0 spiro atoms. The van der Waals surface area contributed by atoms with Crippen LogP contribution in [0.5, 0.6) is 0 Å². The minimum atomic E-state index is -3.60. The van der Waals surface area contributed by atoms with E-state index in [1.165, 1.54) is 24.3 Å². The summed E-state index contributed by atoms with van der Waals surface area (Å²) >= 11 is 0. The van der Waals surface area contributed by atoms with Crippen molar-refractivity contribution >= 4 is 15.7 Å². The first-order valence-corrected chi connectivity index (χ1v) is 7.40. The molecule has 0 saturated heterocycles. The molecule has 0 radical (unpaired) electrons. The summed E-state index contributed by atoms with van der Waals surface area (Å²) in [5.41, 5.74) is -0.136. The number of nitrogens with one attached hydrogen (secondary N) is 2. The van der Waals surface area contributed by atoms with Crippen molar-refractivity contribution in [2.45, 2.75) is 18.2 Å². The van der Waals surface area contributed by atoms with Crippen molar-refractivity contribution in [2.75, 3.05) is 19.6 Å². The lowest BCUT2D eigenvalue weighted by Gasteiger charge is -2.07. The predicted molar refractivity (Wildman–Crippen MR) is 71.4 cm³/mol. The number of sulfonamides is 1. The number of nitro benzene ring substituents is 1. The van der Waals surface area contributed by atoms with E-state index in [1.54, 1.807) is 0 Å². The molecule has 0 aliphatic heterocycles. The van der Waals surface area contributed by atoms with Crippen LogP contribution in [0.25, 0.3) is 0 Å². The molecule has 7 nitrogen and oxygen atoms in total. The highest BCUT2D eigenvalue weighted by molar-refractivity contribution is 7.89. The van der Waals surface area contributed by atoms with Crippen molar-refractivity contribution in [2.24, 2.45) is 0 Å². The fourth-order valence-electron chi connectivity index (χ4n) is 1.41. The summed E-state index contributed by atoms with van der Waals surface area (Å²) in [6.07, 6.45) is 0.981. The number of nitro groups is 1. The Morgan fingerprint density at radius 2 is 1.79 bits per heavy atom. The minimum absolute atomic E-state index is 0.0218. The molecule has 2 N–H and O–H groups in total. The first-order valence-electron chi connectivity index (χ1n) is 5.92. The molecular weight excluding hydrogens is 270 g/mol. The molecular formula is C11H17N3O4S. The highest BCUT2D eigenvalue weighted by Gasteiger charge is 2.14. The van der Waals surface area contributed by atoms with Gasteiger partial charge in [-0.15, -0.1) is 0 Å². The molecule has 1 aromatic carbocycles. The number of rotatable bonds is 8. The third-order valence-corrected chi connectivity index (χ3v) is 3.86. The van der Waals surface area contributed by atoms with Crippen LogP contribution in [-0.4, -0.2) is 33.0 Å². The van der Waals surface area contributed by atoms with E-state index in [0.717, 1.165) is 13.0 Å². The van der Waals surface area contributed by atoms with Gasteiger partial charge in [0.1, 0.15) is 0 Å². The van der Waals surface area contributed by atoms with Crippen molar-refractivity contribution in [1.82, 2.24) is 10.0 Å². The molecule has 0 fully saturated rings. The van der Waals surface area contributed by atoms with Gasteiger partial charge in [0, 0.05) is 25.2 Å². The van der Waals surface area contributed by atoms with Crippen LogP contribution in [0.15, 0.2) is 29.2 Å². The van der Waals surface area contributed by atoms with Crippen LogP contribution < -0.4 is 10.0 Å². The van der Waals surface area contributed by atoms with Crippen LogP contribution >= 0.6 is 0 Å². The van der Waals surface area contributed by atoms with Gasteiger partial charge < -0.3 is 5.32 Å². The van der Waals surface area contributed by atoms with Crippen molar-refractivity contribution in [3.63, 3.8) is 0 Å². The van der Waals surface area contributed by atoms with Crippen molar-refractivity contribution in [3.8, 4) is 0 Å². The van der Waals surface area contributed by atoms with Gasteiger partial charge in [0.2, 0.25) is 10.0 Å².